The first-order valence-corrected chi connectivity index (χ1v) is 10.2. The van der Waals surface area contributed by atoms with Crippen LogP contribution in [-0.4, -0.2) is 98.3 Å². The normalized spacial score (nSPS) is 11.1. The quantitative estimate of drug-likeness (QED) is 0.233. The molecule has 0 unspecified atom stereocenters. The number of hydrogen-bond donors (Lipinski definition) is 2. The number of nitrogens with one attached hydrogen (secondary N) is 1. The summed E-state index contributed by atoms with van der Waals surface area (Å²) in [4.78, 5) is 11.3. The molecule has 0 aliphatic carbocycles. The van der Waals surface area contributed by atoms with Crippen molar-refractivity contribution < 1.29 is 33.2 Å². The summed E-state index contributed by atoms with van der Waals surface area (Å²) in [5.74, 6) is 0.0102. The molecule has 0 aromatic carbocycles. The molecule has 9 nitrogen and oxygen atoms in total. The number of amides is 1. The molecule has 3 N–H and O–H groups in total. The summed E-state index contributed by atoms with van der Waals surface area (Å²) in [5.41, 5.74) is 5.34. The zero-order chi connectivity index (χ0) is 20.5. The average Bonchev–Trinajstić information content (AvgIpc) is 2.70. The van der Waals surface area contributed by atoms with Crippen LogP contribution in [0.3, 0.4) is 0 Å². The Balaban J connectivity index is 3.04. The van der Waals surface area contributed by atoms with Gasteiger partial charge in [0.15, 0.2) is 0 Å². The smallest absolute Gasteiger partial charge is 0.220 e. The van der Waals surface area contributed by atoms with Crippen molar-refractivity contribution >= 4 is 5.91 Å². The van der Waals surface area contributed by atoms with Gasteiger partial charge in [-0.15, -0.1) is 0 Å². The third kappa shape index (κ3) is 23.2. The number of hydrogen-bond acceptors (Lipinski definition) is 8. The fraction of sp³-hybridized carbons (Fsp3) is 0.947. The maximum Gasteiger partial charge on any atom is 0.220 e. The number of ether oxygens (including phenoxy) is 6. The lowest BCUT2D eigenvalue weighted by atomic mass is 10.3. The molecular formula is C19H40N2O7. The molecule has 0 aliphatic heterocycles. The maximum atomic E-state index is 11.3. The minimum Gasteiger partial charge on any atom is -0.379 e. The summed E-state index contributed by atoms with van der Waals surface area (Å²) in [7, 11) is 0. The average molecular weight is 409 g/mol. The third-order valence-electron chi connectivity index (χ3n) is 3.39. The van der Waals surface area contributed by atoms with Gasteiger partial charge in [-0.25, -0.2) is 0 Å². The van der Waals surface area contributed by atoms with Crippen LogP contribution in [0.5, 0.6) is 0 Å². The summed E-state index contributed by atoms with van der Waals surface area (Å²) >= 11 is 0. The first-order chi connectivity index (χ1) is 13.8. The van der Waals surface area contributed by atoms with Crippen LogP contribution in [-0.2, 0) is 33.2 Å². The third-order valence-corrected chi connectivity index (χ3v) is 3.39. The summed E-state index contributed by atoms with van der Waals surface area (Å²) in [6.45, 7) is 9.82. The van der Waals surface area contributed by atoms with E-state index in [9.17, 15) is 4.79 Å². The van der Waals surface area contributed by atoms with Gasteiger partial charge >= 0.3 is 0 Å². The van der Waals surface area contributed by atoms with Crippen LogP contribution in [0.4, 0.5) is 0 Å². The first-order valence-electron chi connectivity index (χ1n) is 10.2. The molecule has 168 valence electrons. The Morgan fingerprint density at radius 1 is 0.679 bits per heavy atom. The van der Waals surface area contributed by atoms with Crippen molar-refractivity contribution in [1.29, 1.82) is 0 Å². The van der Waals surface area contributed by atoms with E-state index in [-0.39, 0.29) is 5.91 Å². The van der Waals surface area contributed by atoms with E-state index in [0.717, 1.165) is 13.0 Å². The fourth-order valence-corrected chi connectivity index (χ4v) is 1.96. The van der Waals surface area contributed by atoms with E-state index in [2.05, 4.69) is 12.2 Å². The molecule has 1 amide bonds. The zero-order valence-corrected chi connectivity index (χ0v) is 17.5. The van der Waals surface area contributed by atoms with Crippen LogP contribution in [0.1, 0.15) is 26.2 Å². The molecule has 9 heteroatoms. The Bertz CT molecular complexity index is 323. The Labute approximate surface area is 169 Å². The molecule has 0 saturated carbocycles. The highest BCUT2D eigenvalue weighted by Gasteiger charge is 1.99. The highest BCUT2D eigenvalue weighted by Crippen LogP contribution is 1.86. The minimum absolute atomic E-state index is 0.0102. The van der Waals surface area contributed by atoms with E-state index in [1.54, 1.807) is 0 Å². The molecule has 0 heterocycles. The molecule has 0 atom stereocenters. The molecule has 0 aromatic heterocycles. The van der Waals surface area contributed by atoms with Crippen molar-refractivity contribution in [2.45, 2.75) is 26.2 Å². The Morgan fingerprint density at radius 3 is 1.46 bits per heavy atom. The van der Waals surface area contributed by atoms with Gasteiger partial charge in [-0.3, -0.25) is 4.79 Å². The van der Waals surface area contributed by atoms with E-state index < -0.39 is 0 Å². The summed E-state index contributed by atoms with van der Waals surface area (Å²) < 4.78 is 32.2. The number of rotatable bonds is 23. The summed E-state index contributed by atoms with van der Waals surface area (Å²) in [6, 6.07) is 0. The van der Waals surface area contributed by atoms with Crippen molar-refractivity contribution in [3.8, 4) is 0 Å². The van der Waals surface area contributed by atoms with Crippen molar-refractivity contribution in [2.75, 3.05) is 92.4 Å². The Kier molecular flexibility index (Phi) is 23.5. The summed E-state index contributed by atoms with van der Waals surface area (Å²) in [5, 5.41) is 2.77. The second-order valence-corrected chi connectivity index (χ2v) is 5.92. The second kappa shape index (κ2) is 24.2. The van der Waals surface area contributed by atoms with Gasteiger partial charge in [-0.1, -0.05) is 6.92 Å². The minimum atomic E-state index is 0.0102. The van der Waals surface area contributed by atoms with E-state index in [1.165, 1.54) is 0 Å². The highest BCUT2D eigenvalue weighted by molar-refractivity contribution is 5.75. The van der Waals surface area contributed by atoms with E-state index in [4.69, 9.17) is 34.2 Å². The molecule has 0 spiro atoms. The van der Waals surface area contributed by atoms with Crippen LogP contribution in [0.2, 0.25) is 0 Å². The predicted octanol–water partition coefficient (Wildman–Crippen LogP) is 0.351. The van der Waals surface area contributed by atoms with Gasteiger partial charge in [0.2, 0.25) is 5.91 Å². The van der Waals surface area contributed by atoms with Gasteiger partial charge in [0, 0.05) is 19.6 Å². The molecule has 28 heavy (non-hydrogen) atoms. The Morgan fingerprint density at radius 2 is 1.07 bits per heavy atom. The van der Waals surface area contributed by atoms with Gasteiger partial charge in [-0.2, -0.15) is 0 Å². The largest absolute Gasteiger partial charge is 0.379 e. The van der Waals surface area contributed by atoms with Crippen LogP contribution in [0.15, 0.2) is 0 Å². The topological polar surface area (TPSA) is 111 Å². The zero-order valence-electron chi connectivity index (χ0n) is 17.5. The van der Waals surface area contributed by atoms with Crippen molar-refractivity contribution in [1.82, 2.24) is 5.32 Å². The monoisotopic (exact) mass is 408 g/mol. The maximum absolute atomic E-state index is 11.3. The lowest BCUT2D eigenvalue weighted by molar-refractivity contribution is -0.121. The van der Waals surface area contributed by atoms with Gasteiger partial charge < -0.3 is 39.5 Å². The standard InChI is InChI=1S/C19H40N2O7/c1-2-7-23-9-11-25-13-15-27-17-18-28-16-14-26-12-10-24-8-6-21-19(22)4-3-5-20/h2-18,20H2,1H3,(H,21,22). The molecule has 0 rings (SSSR count). The fourth-order valence-electron chi connectivity index (χ4n) is 1.96. The van der Waals surface area contributed by atoms with Crippen LogP contribution in [0.25, 0.3) is 0 Å². The molecular weight excluding hydrogens is 368 g/mol. The van der Waals surface area contributed by atoms with Gasteiger partial charge in [0.05, 0.1) is 72.7 Å². The number of nitrogens with two attached hydrogens (primary N) is 1. The van der Waals surface area contributed by atoms with Gasteiger partial charge in [0.25, 0.3) is 0 Å². The molecule has 0 radical (unpaired) electrons. The van der Waals surface area contributed by atoms with E-state index >= 15 is 0 Å². The predicted molar refractivity (Wildman–Crippen MR) is 107 cm³/mol. The van der Waals surface area contributed by atoms with Crippen molar-refractivity contribution in [2.24, 2.45) is 5.73 Å². The van der Waals surface area contributed by atoms with Crippen LogP contribution in [0, 0.1) is 0 Å². The summed E-state index contributed by atoms with van der Waals surface area (Å²) in [6.07, 6.45) is 2.20. The van der Waals surface area contributed by atoms with Crippen LogP contribution < -0.4 is 11.1 Å². The number of carbonyl (C=O) groups excluding carboxylic acids is 1. The van der Waals surface area contributed by atoms with Crippen molar-refractivity contribution in [3.63, 3.8) is 0 Å². The number of carbonyl (C=O) groups is 1. The second-order valence-electron chi connectivity index (χ2n) is 5.92. The van der Waals surface area contributed by atoms with Gasteiger partial charge in [-0.05, 0) is 19.4 Å². The van der Waals surface area contributed by atoms with Gasteiger partial charge in [0.1, 0.15) is 0 Å². The first kappa shape index (κ1) is 27.2. The van der Waals surface area contributed by atoms with Crippen LogP contribution >= 0.6 is 0 Å². The lowest BCUT2D eigenvalue weighted by Crippen LogP contribution is -2.27. The molecule has 0 aromatic rings. The van der Waals surface area contributed by atoms with Crippen molar-refractivity contribution in [3.05, 3.63) is 0 Å². The molecule has 0 aliphatic rings. The Hall–Kier alpha value is -0.810. The molecule has 0 fully saturated rings. The highest BCUT2D eigenvalue weighted by atomic mass is 16.6. The van der Waals surface area contributed by atoms with E-state index in [1.807, 2.05) is 0 Å². The van der Waals surface area contributed by atoms with E-state index in [0.29, 0.717) is 98.6 Å². The molecule has 0 bridgehead atoms. The lowest BCUT2D eigenvalue weighted by Gasteiger charge is -2.08. The molecule has 0 saturated heterocycles. The SMILES string of the molecule is CCCOCCOCCOCCOCCOCCOCCNC(=O)CCCN.